The number of ether oxygens (including phenoxy) is 1. The Hall–Kier alpha value is -2.87. The van der Waals surface area contributed by atoms with Crippen LogP contribution in [0.4, 0.5) is 0 Å². The van der Waals surface area contributed by atoms with E-state index >= 15 is 0 Å². The molecule has 2 heterocycles. The summed E-state index contributed by atoms with van der Waals surface area (Å²) in [6.07, 6.45) is 3.37. The van der Waals surface area contributed by atoms with Gasteiger partial charge in [-0.15, -0.1) is 0 Å². The summed E-state index contributed by atoms with van der Waals surface area (Å²) in [5.74, 6) is 0.521. The quantitative estimate of drug-likeness (QED) is 0.805. The molecule has 1 aliphatic heterocycles. The molecule has 1 aromatic carbocycles. The second kappa shape index (κ2) is 8.88. The smallest absolute Gasteiger partial charge is 0.247 e. The highest BCUT2D eigenvalue weighted by atomic mass is 16.5. The zero-order valence-electron chi connectivity index (χ0n) is 16.5. The Balaban J connectivity index is 1.71. The van der Waals surface area contributed by atoms with E-state index in [4.69, 9.17) is 4.74 Å². The van der Waals surface area contributed by atoms with Crippen LogP contribution in [-0.4, -0.2) is 71.7 Å². The van der Waals surface area contributed by atoms with E-state index in [0.29, 0.717) is 13.1 Å². The van der Waals surface area contributed by atoms with Crippen LogP contribution in [-0.2, 0) is 9.59 Å². The van der Waals surface area contributed by atoms with Crippen LogP contribution in [0.1, 0.15) is 24.6 Å². The first-order valence-corrected chi connectivity index (χ1v) is 9.40. The third kappa shape index (κ3) is 4.17. The monoisotopic (exact) mass is 385 g/mol. The van der Waals surface area contributed by atoms with Crippen molar-refractivity contribution in [3.63, 3.8) is 0 Å². The maximum atomic E-state index is 13.0. The van der Waals surface area contributed by atoms with Crippen molar-refractivity contribution >= 4 is 11.8 Å². The normalized spacial score (nSPS) is 17.8. The molecule has 0 saturated carbocycles. The predicted molar refractivity (Wildman–Crippen MR) is 105 cm³/mol. The van der Waals surface area contributed by atoms with Crippen molar-refractivity contribution < 1.29 is 14.3 Å². The minimum atomic E-state index is -0.458. The van der Waals surface area contributed by atoms with Gasteiger partial charge in [0.25, 0.3) is 0 Å². The molecule has 2 aromatic rings. The fourth-order valence-electron chi connectivity index (χ4n) is 3.54. The highest BCUT2D eigenvalue weighted by Gasteiger charge is 2.31. The topological polar surface area (TPSA) is 79.7 Å². The van der Waals surface area contributed by atoms with Crippen molar-refractivity contribution in [1.82, 2.24) is 24.9 Å². The molecular formula is C20H27N5O3. The number of aromatic nitrogens is 2. The molecule has 1 aliphatic rings. The number of methoxy groups -OCH3 is 1. The summed E-state index contributed by atoms with van der Waals surface area (Å²) in [5, 5.41) is 7.45. The molecule has 1 fully saturated rings. The maximum absolute atomic E-state index is 13.0. The molecule has 0 aliphatic carbocycles. The number of piperazine rings is 1. The average molecular weight is 385 g/mol. The van der Waals surface area contributed by atoms with Gasteiger partial charge in [0.15, 0.2) is 0 Å². The van der Waals surface area contributed by atoms with Gasteiger partial charge in [-0.1, -0.05) is 18.2 Å². The fraction of sp³-hybridized carbons (Fsp3) is 0.450. The summed E-state index contributed by atoms with van der Waals surface area (Å²) in [6, 6.07) is 8.91. The number of nitrogens with one attached hydrogen (secondary N) is 1. The number of amides is 2. The largest absolute Gasteiger partial charge is 0.496 e. The number of carbonyl (C=O) groups is 2. The van der Waals surface area contributed by atoms with Gasteiger partial charge in [0.05, 0.1) is 19.7 Å². The van der Waals surface area contributed by atoms with Gasteiger partial charge in [-0.3, -0.25) is 14.3 Å². The number of rotatable bonds is 6. The highest BCUT2D eigenvalue weighted by molar-refractivity contribution is 5.86. The first kappa shape index (κ1) is 19.9. The molecule has 1 N–H and O–H groups in total. The predicted octanol–water partition coefficient (Wildman–Crippen LogP) is 1.08. The van der Waals surface area contributed by atoms with Gasteiger partial charge in [0, 0.05) is 44.6 Å². The van der Waals surface area contributed by atoms with Crippen LogP contribution in [0.2, 0.25) is 0 Å². The van der Waals surface area contributed by atoms with Crippen LogP contribution in [0.5, 0.6) is 5.75 Å². The Morgan fingerprint density at radius 1 is 1.36 bits per heavy atom. The molecule has 1 aromatic heterocycles. The Labute approximate surface area is 165 Å². The van der Waals surface area contributed by atoms with E-state index in [1.54, 1.807) is 44.2 Å². The van der Waals surface area contributed by atoms with Crippen LogP contribution in [0.15, 0.2) is 42.7 Å². The number of hydrogen-bond acceptors (Lipinski definition) is 5. The lowest BCUT2D eigenvalue weighted by Crippen LogP contribution is -2.52. The summed E-state index contributed by atoms with van der Waals surface area (Å²) < 4.78 is 7.07. The van der Waals surface area contributed by atoms with Gasteiger partial charge in [-0.05, 0) is 19.1 Å². The summed E-state index contributed by atoms with van der Waals surface area (Å²) in [4.78, 5) is 29.0. The molecule has 28 heavy (non-hydrogen) atoms. The SMILES string of the molecule is COc1ccccc1C1CNCCN1C(=O)CN(C)C(=O)C(C)n1cccn1. The lowest BCUT2D eigenvalue weighted by Gasteiger charge is -2.38. The van der Waals surface area contributed by atoms with E-state index in [0.717, 1.165) is 17.9 Å². The second-order valence-electron chi connectivity index (χ2n) is 6.91. The Morgan fingerprint density at radius 3 is 2.86 bits per heavy atom. The van der Waals surface area contributed by atoms with E-state index in [1.807, 2.05) is 29.2 Å². The van der Waals surface area contributed by atoms with E-state index in [-0.39, 0.29) is 24.4 Å². The van der Waals surface area contributed by atoms with E-state index in [1.165, 1.54) is 4.90 Å². The third-order valence-electron chi connectivity index (χ3n) is 5.09. The number of hydrogen-bond donors (Lipinski definition) is 1. The summed E-state index contributed by atoms with van der Waals surface area (Å²) in [7, 11) is 3.28. The molecule has 0 spiro atoms. The summed E-state index contributed by atoms with van der Waals surface area (Å²) >= 11 is 0. The van der Waals surface area contributed by atoms with Gasteiger partial charge < -0.3 is 19.9 Å². The first-order valence-electron chi connectivity index (χ1n) is 9.40. The molecular weight excluding hydrogens is 358 g/mol. The molecule has 150 valence electrons. The lowest BCUT2D eigenvalue weighted by molar-refractivity contribution is -0.143. The van der Waals surface area contributed by atoms with Crippen LogP contribution < -0.4 is 10.1 Å². The minimum absolute atomic E-state index is 0.0239. The molecule has 2 atom stereocenters. The fourth-order valence-corrected chi connectivity index (χ4v) is 3.54. The van der Waals surface area contributed by atoms with Gasteiger partial charge in [-0.25, -0.2) is 0 Å². The van der Waals surface area contributed by atoms with Crippen molar-refractivity contribution in [2.75, 3.05) is 40.3 Å². The minimum Gasteiger partial charge on any atom is -0.496 e. The number of likely N-dealkylation sites (N-methyl/N-ethyl adjacent to an activating group) is 1. The van der Waals surface area contributed by atoms with E-state index in [9.17, 15) is 9.59 Å². The van der Waals surface area contributed by atoms with Crippen molar-refractivity contribution in [3.8, 4) is 5.75 Å². The van der Waals surface area contributed by atoms with E-state index < -0.39 is 6.04 Å². The highest BCUT2D eigenvalue weighted by Crippen LogP contribution is 2.30. The molecule has 2 amide bonds. The number of benzene rings is 1. The maximum Gasteiger partial charge on any atom is 0.247 e. The third-order valence-corrected chi connectivity index (χ3v) is 5.09. The Morgan fingerprint density at radius 2 is 2.14 bits per heavy atom. The summed E-state index contributed by atoms with van der Waals surface area (Å²) in [6.45, 7) is 3.75. The summed E-state index contributed by atoms with van der Waals surface area (Å²) in [5.41, 5.74) is 0.962. The standard InChI is InChI=1S/C20H27N5O3/c1-15(25-11-6-9-22-25)20(27)23(2)14-19(26)24-12-10-21-13-17(24)16-7-4-5-8-18(16)28-3/h4-9,11,15,17,21H,10,12-14H2,1-3H3. The molecule has 0 bridgehead atoms. The van der Waals surface area contributed by atoms with Crippen molar-refractivity contribution in [2.45, 2.75) is 19.0 Å². The van der Waals surface area contributed by atoms with Gasteiger partial charge in [0.1, 0.15) is 11.8 Å². The van der Waals surface area contributed by atoms with Gasteiger partial charge in [-0.2, -0.15) is 5.10 Å². The number of carbonyl (C=O) groups excluding carboxylic acids is 2. The van der Waals surface area contributed by atoms with Crippen LogP contribution in [0.3, 0.4) is 0 Å². The molecule has 8 heteroatoms. The molecule has 3 rings (SSSR count). The molecule has 1 saturated heterocycles. The molecule has 2 unspecified atom stereocenters. The van der Waals surface area contributed by atoms with Crippen LogP contribution in [0, 0.1) is 0 Å². The number of nitrogens with zero attached hydrogens (tertiary/aromatic N) is 4. The zero-order chi connectivity index (χ0) is 20.1. The van der Waals surface area contributed by atoms with Crippen molar-refractivity contribution in [3.05, 3.63) is 48.3 Å². The lowest BCUT2D eigenvalue weighted by atomic mass is 10.0. The van der Waals surface area contributed by atoms with E-state index in [2.05, 4.69) is 10.4 Å². The Kier molecular flexibility index (Phi) is 6.30. The first-order chi connectivity index (χ1) is 13.5. The number of para-hydroxylation sites is 1. The van der Waals surface area contributed by atoms with Gasteiger partial charge in [0.2, 0.25) is 11.8 Å². The second-order valence-corrected chi connectivity index (χ2v) is 6.91. The van der Waals surface area contributed by atoms with Crippen molar-refractivity contribution in [1.29, 1.82) is 0 Å². The zero-order valence-corrected chi connectivity index (χ0v) is 16.5. The molecule has 8 nitrogen and oxygen atoms in total. The van der Waals surface area contributed by atoms with Crippen molar-refractivity contribution in [2.24, 2.45) is 0 Å². The average Bonchev–Trinajstić information content (AvgIpc) is 3.27. The van der Waals surface area contributed by atoms with Crippen LogP contribution in [0.25, 0.3) is 0 Å². The molecule has 0 radical (unpaired) electrons. The van der Waals surface area contributed by atoms with Gasteiger partial charge >= 0.3 is 0 Å². The Bertz CT molecular complexity index is 808. The van der Waals surface area contributed by atoms with Crippen LogP contribution >= 0.6 is 0 Å².